The Bertz CT molecular complexity index is 872. The highest BCUT2D eigenvalue weighted by molar-refractivity contribution is 5.82. The lowest BCUT2D eigenvalue weighted by Gasteiger charge is -2.06. The highest BCUT2D eigenvalue weighted by atomic mass is 16.5. The number of rotatable bonds is 6. The van der Waals surface area contributed by atoms with E-state index >= 15 is 0 Å². The Kier molecular flexibility index (Phi) is 5.21. The number of nitrogens with zero attached hydrogens (tertiary/aromatic N) is 3. The SMILES string of the molecule is Cc1ccnn1CC(=O)N/N=C/c1cccc(Oc2ccccc2)c1. The first kappa shape index (κ1) is 16.4. The first-order valence-corrected chi connectivity index (χ1v) is 7.84. The van der Waals surface area contributed by atoms with Gasteiger partial charge in [-0.05, 0) is 42.8 Å². The van der Waals surface area contributed by atoms with Crippen LogP contribution in [-0.2, 0) is 11.3 Å². The van der Waals surface area contributed by atoms with Crippen LogP contribution in [0.25, 0.3) is 0 Å². The predicted molar refractivity (Wildman–Crippen MR) is 95.7 cm³/mol. The number of nitrogens with one attached hydrogen (secondary N) is 1. The first-order valence-electron chi connectivity index (χ1n) is 7.84. The number of carbonyl (C=O) groups is 1. The summed E-state index contributed by atoms with van der Waals surface area (Å²) in [6, 6.07) is 18.8. The van der Waals surface area contributed by atoms with Gasteiger partial charge in [0.1, 0.15) is 18.0 Å². The summed E-state index contributed by atoms with van der Waals surface area (Å²) in [5, 5.41) is 8.04. The smallest absolute Gasteiger partial charge is 0.261 e. The van der Waals surface area contributed by atoms with E-state index in [1.165, 1.54) is 0 Å². The number of benzene rings is 2. The molecule has 3 rings (SSSR count). The van der Waals surface area contributed by atoms with Crippen LogP contribution in [0.1, 0.15) is 11.3 Å². The van der Waals surface area contributed by atoms with E-state index in [4.69, 9.17) is 4.74 Å². The number of ether oxygens (including phenoxy) is 1. The third-order valence-corrected chi connectivity index (χ3v) is 3.46. The standard InChI is InChI=1S/C19H18N4O2/c1-15-10-11-21-23(15)14-19(24)22-20-13-16-6-5-9-18(12-16)25-17-7-3-2-4-8-17/h2-13H,14H2,1H3,(H,22,24)/b20-13+. The molecule has 0 saturated carbocycles. The molecule has 0 spiro atoms. The van der Waals surface area contributed by atoms with Crippen LogP contribution in [0.3, 0.4) is 0 Å². The molecule has 0 fully saturated rings. The first-order chi connectivity index (χ1) is 12.2. The molecule has 1 heterocycles. The number of aryl methyl sites for hydroxylation is 1. The van der Waals surface area contributed by atoms with Gasteiger partial charge in [-0.1, -0.05) is 30.3 Å². The summed E-state index contributed by atoms with van der Waals surface area (Å²) < 4.78 is 7.38. The van der Waals surface area contributed by atoms with Gasteiger partial charge in [0.2, 0.25) is 0 Å². The molecule has 0 aliphatic carbocycles. The molecule has 0 atom stereocenters. The average Bonchev–Trinajstić information content (AvgIpc) is 3.01. The van der Waals surface area contributed by atoms with Gasteiger partial charge in [0, 0.05) is 11.9 Å². The highest BCUT2D eigenvalue weighted by Crippen LogP contribution is 2.21. The largest absolute Gasteiger partial charge is 0.457 e. The normalized spacial score (nSPS) is 10.8. The maximum absolute atomic E-state index is 11.9. The van der Waals surface area contributed by atoms with Gasteiger partial charge in [0.05, 0.1) is 6.21 Å². The van der Waals surface area contributed by atoms with Gasteiger partial charge >= 0.3 is 0 Å². The summed E-state index contributed by atoms with van der Waals surface area (Å²) >= 11 is 0. The van der Waals surface area contributed by atoms with E-state index in [9.17, 15) is 4.79 Å². The van der Waals surface area contributed by atoms with Crippen LogP contribution in [0, 0.1) is 6.92 Å². The van der Waals surface area contributed by atoms with Crippen LogP contribution in [-0.4, -0.2) is 21.9 Å². The van der Waals surface area contributed by atoms with Crippen molar-refractivity contribution in [2.24, 2.45) is 5.10 Å². The minimum atomic E-state index is -0.236. The van der Waals surface area contributed by atoms with Crippen molar-refractivity contribution >= 4 is 12.1 Å². The molecule has 1 amide bonds. The molecule has 25 heavy (non-hydrogen) atoms. The van der Waals surface area contributed by atoms with E-state index in [1.807, 2.05) is 67.6 Å². The number of hydrogen-bond donors (Lipinski definition) is 1. The number of para-hydroxylation sites is 1. The number of carbonyl (C=O) groups excluding carboxylic acids is 1. The van der Waals surface area contributed by atoms with Gasteiger partial charge in [0.25, 0.3) is 5.91 Å². The van der Waals surface area contributed by atoms with Gasteiger partial charge < -0.3 is 4.74 Å². The number of hydrazone groups is 1. The molecule has 0 aliphatic heterocycles. The van der Waals surface area contributed by atoms with Crippen molar-refractivity contribution in [2.75, 3.05) is 0 Å². The molecule has 1 aromatic heterocycles. The fourth-order valence-corrected chi connectivity index (χ4v) is 2.20. The van der Waals surface area contributed by atoms with E-state index in [1.54, 1.807) is 17.1 Å². The van der Waals surface area contributed by atoms with E-state index in [0.29, 0.717) is 5.75 Å². The molecule has 2 aromatic carbocycles. The third-order valence-electron chi connectivity index (χ3n) is 3.46. The predicted octanol–water partition coefficient (Wildman–Crippen LogP) is 3.13. The Morgan fingerprint density at radius 1 is 1.16 bits per heavy atom. The Labute approximate surface area is 145 Å². The Hall–Kier alpha value is -3.41. The monoisotopic (exact) mass is 334 g/mol. The van der Waals surface area contributed by atoms with Crippen molar-refractivity contribution in [3.63, 3.8) is 0 Å². The number of aromatic nitrogens is 2. The molecule has 126 valence electrons. The van der Waals surface area contributed by atoms with Crippen molar-refractivity contribution in [2.45, 2.75) is 13.5 Å². The lowest BCUT2D eigenvalue weighted by molar-refractivity contribution is -0.121. The molecule has 0 aliphatic rings. The van der Waals surface area contributed by atoms with Crippen molar-refractivity contribution in [3.05, 3.63) is 78.1 Å². The maximum Gasteiger partial charge on any atom is 0.261 e. The lowest BCUT2D eigenvalue weighted by Crippen LogP contribution is -2.24. The highest BCUT2D eigenvalue weighted by Gasteiger charge is 2.03. The van der Waals surface area contributed by atoms with Gasteiger partial charge in [0.15, 0.2) is 0 Å². The van der Waals surface area contributed by atoms with Crippen LogP contribution < -0.4 is 10.2 Å². The molecule has 6 heteroatoms. The minimum absolute atomic E-state index is 0.132. The van der Waals surface area contributed by atoms with E-state index in [0.717, 1.165) is 17.0 Å². The molecule has 0 unspecified atom stereocenters. The molecular weight excluding hydrogens is 316 g/mol. The molecule has 6 nitrogen and oxygen atoms in total. The van der Waals surface area contributed by atoms with E-state index in [2.05, 4.69) is 15.6 Å². The summed E-state index contributed by atoms with van der Waals surface area (Å²) in [6.07, 6.45) is 3.23. The summed E-state index contributed by atoms with van der Waals surface area (Å²) in [7, 11) is 0. The maximum atomic E-state index is 11.9. The quantitative estimate of drug-likeness (QED) is 0.556. The molecular formula is C19H18N4O2. The summed E-state index contributed by atoms with van der Waals surface area (Å²) in [5.41, 5.74) is 4.24. The summed E-state index contributed by atoms with van der Waals surface area (Å²) in [4.78, 5) is 11.9. The molecule has 0 bridgehead atoms. The van der Waals surface area contributed by atoms with Crippen LogP contribution in [0.4, 0.5) is 0 Å². The Balaban J connectivity index is 1.57. The second-order valence-corrected chi connectivity index (χ2v) is 5.41. The summed E-state index contributed by atoms with van der Waals surface area (Å²) in [6.45, 7) is 2.02. The fourth-order valence-electron chi connectivity index (χ4n) is 2.20. The number of hydrogen-bond acceptors (Lipinski definition) is 4. The fraction of sp³-hybridized carbons (Fsp3) is 0.105. The average molecular weight is 334 g/mol. The summed E-state index contributed by atoms with van der Waals surface area (Å²) in [5.74, 6) is 1.23. The zero-order valence-corrected chi connectivity index (χ0v) is 13.8. The second-order valence-electron chi connectivity index (χ2n) is 5.41. The van der Waals surface area contributed by atoms with Gasteiger partial charge in [-0.2, -0.15) is 10.2 Å². The van der Waals surface area contributed by atoms with Crippen LogP contribution in [0.15, 0.2) is 72.0 Å². The van der Waals surface area contributed by atoms with Crippen molar-refractivity contribution in [3.8, 4) is 11.5 Å². The van der Waals surface area contributed by atoms with Crippen molar-refractivity contribution < 1.29 is 9.53 Å². The lowest BCUT2D eigenvalue weighted by atomic mass is 10.2. The van der Waals surface area contributed by atoms with Crippen LogP contribution in [0.2, 0.25) is 0 Å². The molecule has 0 radical (unpaired) electrons. The van der Waals surface area contributed by atoms with Crippen molar-refractivity contribution in [1.82, 2.24) is 15.2 Å². The molecule has 1 N–H and O–H groups in total. The van der Waals surface area contributed by atoms with E-state index < -0.39 is 0 Å². The topological polar surface area (TPSA) is 68.5 Å². The van der Waals surface area contributed by atoms with Gasteiger partial charge in [-0.15, -0.1) is 0 Å². The molecule has 3 aromatic rings. The number of amides is 1. The van der Waals surface area contributed by atoms with Gasteiger partial charge in [-0.3, -0.25) is 9.48 Å². The van der Waals surface area contributed by atoms with Crippen LogP contribution >= 0.6 is 0 Å². The Morgan fingerprint density at radius 3 is 2.72 bits per heavy atom. The zero-order chi connectivity index (χ0) is 17.5. The van der Waals surface area contributed by atoms with Gasteiger partial charge in [-0.25, -0.2) is 5.43 Å². The second kappa shape index (κ2) is 7.92. The Morgan fingerprint density at radius 2 is 1.96 bits per heavy atom. The van der Waals surface area contributed by atoms with E-state index in [-0.39, 0.29) is 12.5 Å². The minimum Gasteiger partial charge on any atom is -0.457 e. The van der Waals surface area contributed by atoms with Crippen molar-refractivity contribution in [1.29, 1.82) is 0 Å². The molecule has 0 saturated heterocycles. The third kappa shape index (κ3) is 4.78. The van der Waals surface area contributed by atoms with Crippen LogP contribution in [0.5, 0.6) is 11.5 Å². The zero-order valence-electron chi connectivity index (χ0n) is 13.8.